The van der Waals surface area contributed by atoms with Gasteiger partial charge in [-0.1, -0.05) is 41.6 Å². The number of nitrogens with one attached hydrogen (secondary N) is 1. The van der Waals surface area contributed by atoms with E-state index in [9.17, 15) is 9.18 Å². The summed E-state index contributed by atoms with van der Waals surface area (Å²) in [5, 5.41) is 3.98. The molecule has 0 fully saturated rings. The van der Waals surface area contributed by atoms with Gasteiger partial charge in [0.2, 0.25) is 5.91 Å². The fourth-order valence-electron chi connectivity index (χ4n) is 2.23. The summed E-state index contributed by atoms with van der Waals surface area (Å²) in [6, 6.07) is 13.6. The number of hydrogen-bond acceptors (Lipinski definition) is 3. The number of para-hydroxylation sites is 1. The van der Waals surface area contributed by atoms with Crippen molar-refractivity contribution in [2.75, 3.05) is 11.1 Å². The van der Waals surface area contributed by atoms with Gasteiger partial charge >= 0.3 is 0 Å². The van der Waals surface area contributed by atoms with E-state index in [0.717, 1.165) is 10.8 Å². The highest BCUT2D eigenvalue weighted by atomic mass is 35.5. The van der Waals surface area contributed by atoms with Crippen LogP contribution in [0.2, 0.25) is 5.02 Å². The number of anilines is 1. The van der Waals surface area contributed by atoms with Crippen molar-refractivity contribution in [3.63, 3.8) is 0 Å². The first-order valence-corrected chi connectivity index (χ1v) is 8.96. The number of hydrogen-bond donors (Lipinski definition) is 1. The minimum atomic E-state index is -0.444. The van der Waals surface area contributed by atoms with Crippen LogP contribution in [0.4, 0.5) is 10.1 Å². The van der Waals surface area contributed by atoms with Crippen molar-refractivity contribution in [3.05, 3.63) is 71.8 Å². The van der Waals surface area contributed by atoms with E-state index in [0.29, 0.717) is 10.8 Å². The summed E-state index contributed by atoms with van der Waals surface area (Å²) in [5.41, 5.74) is 1.10. The molecule has 0 radical (unpaired) electrons. The van der Waals surface area contributed by atoms with Crippen LogP contribution >= 0.6 is 23.4 Å². The Labute approximate surface area is 154 Å². The quantitative estimate of drug-likeness (QED) is 0.630. The molecule has 0 saturated carbocycles. The minimum Gasteiger partial charge on any atom is -0.324 e. The summed E-state index contributed by atoms with van der Waals surface area (Å²) in [7, 11) is 0. The smallest absolute Gasteiger partial charge is 0.225 e. The van der Waals surface area contributed by atoms with Gasteiger partial charge in [-0.15, -0.1) is 0 Å². The van der Waals surface area contributed by atoms with Gasteiger partial charge in [-0.05, 0) is 30.3 Å². The lowest BCUT2D eigenvalue weighted by molar-refractivity contribution is -0.115. The van der Waals surface area contributed by atoms with E-state index in [-0.39, 0.29) is 18.0 Å². The van der Waals surface area contributed by atoms with E-state index in [1.54, 1.807) is 18.3 Å². The van der Waals surface area contributed by atoms with Gasteiger partial charge in [0.25, 0.3) is 0 Å². The molecule has 0 aliphatic rings. The molecule has 3 aromatic rings. The molecule has 0 aliphatic carbocycles. The fourth-order valence-corrected chi connectivity index (χ4v) is 3.32. The van der Waals surface area contributed by atoms with Crippen molar-refractivity contribution in [3.8, 4) is 5.69 Å². The second-order valence-electron chi connectivity index (χ2n) is 5.19. The molecule has 3 rings (SSSR count). The number of aromatic nitrogens is 2. The Morgan fingerprint density at radius 1 is 1.24 bits per heavy atom. The zero-order valence-corrected chi connectivity index (χ0v) is 14.7. The van der Waals surface area contributed by atoms with Gasteiger partial charge in [0.15, 0.2) is 5.16 Å². The largest absolute Gasteiger partial charge is 0.324 e. The Bertz CT molecular complexity index is 884. The Balaban J connectivity index is 1.57. The van der Waals surface area contributed by atoms with Crippen molar-refractivity contribution < 1.29 is 9.18 Å². The third kappa shape index (κ3) is 4.61. The Morgan fingerprint density at radius 2 is 2.08 bits per heavy atom. The topological polar surface area (TPSA) is 46.9 Å². The summed E-state index contributed by atoms with van der Waals surface area (Å²) >= 11 is 7.48. The molecule has 1 amide bonds. The van der Waals surface area contributed by atoms with Crippen molar-refractivity contribution in [1.82, 2.24) is 9.55 Å². The fraction of sp³-hybridized carbons (Fsp3) is 0.111. The first-order valence-electron chi connectivity index (χ1n) is 7.60. The number of rotatable bonds is 6. The van der Waals surface area contributed by atoms with Crippen LogP contribution in [0.5, 0.6) is 0 Å². The molecular weight excluding hydrogens is 361 g/mol. The SMILES string of the molecule is O=C(CCSc1nccn1-c1cccc(Cl)c1)Nc1ccccc1F. The second kappa shape index (κ2) is 8.18. The van der Waals surface area contributed by atoms with Crippen LogP contribution in [0.15, 0.2) is 66.1 Å². The molecule has 4 nitrogen and oxygen atoms in total. The standard InChI is InChI=1S/C18H15ClFN3OS/c19-13-4-3-5-14(12-13)23-10-9-21-18(23)25-11-8-17(24)22-16-7-2-1-6-15(16)20/h1-7,9-10,12H,8,11H2,(H,22,24). The lowest BCUT2D eigenvalue weighted by Gasteiger charge is -2.08. The lowest BCUT2D eigenvalue weighted by Crippen LogP contribution is -2.13. The number of halogens is 2. The Kier molecular flexibility index (Phi) is 5.73. The molecule has 0 saturated heterocycles. The van der Waals surface area contributed by atoms with Crippen LogP contribution in [0.3, 0.4) is 0 Å². The van der Waals surface area contributed by atoms with Gasteiger partial charge in [0.05, 0.1) is 5.69 Å². The van der Waals surface area contributed by atoms with Crippen LogP contribution < -0.4 is 5.32 Å². The zero-order valence-electron chi connectivity index (χ0n) is 13.2. The Hall–Kier alpha value is -2.31. The van der Waals surface area contributed by atoms with Gasteiger partial charge in [-0.25, -0.2) is 9.37 Å². The Morgan fingerprint density at radius 3 is 2.88 bits per heavy atom. The monoisotopic (exact) mass is 375 g/mol. The summed E-state index contributed by atoms with van der Waals surface area (Å²) in [6.07, 6.45) is 3.79. The van der Waals surface area contributed by atoms with Crippen molar-refractivity contribution in [2.24, 2.45) is 0 Å². The number of amides is 1. The van der Waals surface area contributed by atoms with E-state index in [1.165, 1.54) is 23.9 Å². The maximum Gasteiger partial charge on any atom is 0.225 e. The van der Waals surface area contributed by atoms with Crippen LogP contribution in [0.1, 0.15) is 6.42 Å². The predicted molar refractivity (Wildman–Crippen MR) is 98.9 cm³/mol. The summed E-state index contributed by atoms with van der Waals surface area (Å²) < 4.78 is 15.4. The van der Waals surface area contributed by atoms with E-state index in [1.807, 2.05) is 35.0 Å². The lowest BCUT2D eigenvalue weighted by atomic mass is 10.3. The molecule has 0 spiro atoms. The maximum atomic E-state index is 13.5. The van der Waals surface area contributed by atoms with Gasteiger partial charge in [0.1, 0.15) is 5.82 Å². The first kappa shape index (κ1) is 17.5. The molecule has 1 aromatic heterocycles. The van der Waals surface area contributed by atoms with E-state index in [4.69, 9.17) is 11.6 Å². The molecule has 0 atom stereocenters. The number of imidazole rings is 1. The highest BCUT2D eigenvalue weighted by Crippen LogP contribution is 2.23. The number of nitrogens with zero attached hydrogens (tertiary/aromatic N) is 2. The number of carbonyl (C=O) groups excluding carboxylic acids is 1. The highest BCUT2D eigenvalue weighted by Gasteiger charge is 2.09. The molecule has 128 valence electrons. The van der Waals surface area contributed by atoms with Gasteiger partial charge in [-0.3, -0.25) is 9.36 Å². The third-order valence-corrected chi connectivity index (χ3v) is 4.61. The number of thioether (sulfide) groups is 1. The van der Waals surface area contributed by atoms with Crippen LogP contribution in [0.25, 0.3) is 5.69 Å². The normalized spacial score (nSPS) is 10.6. The summed E-state index contributed by atoms with van der Waals surface area (Å²) in [4.78, 5) is 16.3. The van der Waals surface area contributed by atoms with Crippen LogP contribution in [0, 0.1) is 5.82 Å². The van der Waals surface area contributed by atoms with Gasteiger partial charge in [0, 0.05) is 35.3 Å². The molecule has 0 bridgehead atoms. The molecule has 0 unspecified atom stereocenters. The van der Waals surface area contributed by atoms with E-state index >= 15 is 0 Å². The van der Waals surface area contributed by atoms with Crippen LogP contribution in [-0.4, -0.2) is 21.2 Å². The predicted octanol–water partition coefficient (Wildman–Crippen LogP) is 4.79. The third-order valence-electron chi connectivity index (χ3n) is 3.40. The molecule has 2 aromatic carbocycles. The first-order chi connectivity index (χ1) is 12.1. The van der Waals surface area contributed by atoms with E-state index < -0.39 is 5.82 Å². The molecule has 1 heterocycles. The van der Waals surface area contributed by atoms with Crippen LogP contribution in [-0.2, 0) is 4.79 Å². The van der Waals surface area contributed by atoms with Crippen molar-refractivity contribution >= 4 is 35.0 Å². The molecule has 7 heteroatoms. The summed E-state index contributed by atoms with van der Waals surface area (Å²) in [6.45, 7) is 0. The maximum absolute atomic E-state index is 13.5. The van der Waals surface area contributed by atoms with Gasteiger partial charge in [-0.2, -0.15) is 0 Å². The van der Waals surface area contributed by atoms with Crippen molar-refractivity contribution in [2.45, 2.75) is 11.6 Å². The molecule has 25 heavy (non-hydrogen) atoms. The number of benzene rings is 2. The second-order valence-corrected chi connectivity index (χ2v) is 6.68. The molecule has 1 N–H and O–H groups in total. The average molecular weight is 376 g/mol. The van der Waals surface area contributed by atoms with Crippen molar-refractivity contribution in [1.29, 1.82) is 0 Å². The zero-order chi connectivity index (χ0) is 17.6. The summed E-state index contributed by atoms with van der Waals surface area (Å²) in [5.74, 6) is -0.156. The highest BCUT2D eigenvalue weighted by molar-refractivity contribution is 7.99. The van der Waals surface area contributed by atoms with E-state index in [2.05, 4.69) is 10.3 Å². The molecule has 0 aliphatic heterocycles. The molecular formula is C18H15ClFN3OS. The average Bonchev–Trinajstić information content (AvgIpc) is 3.05. The minimum absolute atomic E-state index is 0.193. The van der Waals surface area contributed by atoms with Gasteiger partial charge < -0.3 is 5.32 Å². The number of carbonyl (C=O) groups is 1.